The number of morpholine rings is 1. The van der Waals surface area contributed by atoms with E-state index in [2.05, 4.69) is 33.5 Å². The minimum absolute atomic E-state index is 0.328. The van der Waals surface area contributed by atoms with Crippen molar-refractivity contribution in [3.8, 4) is 0 Å². The fourth-order valence-corrected chi connectivity index (χ4v) is 3.48. The number of aromatic nitrogens is 3. The summed E-state index contributed by atoms with van der Waals surface area (Å²) < 4.78 is 8.66. The Morgan fingerprint density at radius 3 is 3.06 bits per heavy atom. The van der Waals surface area contributed by atoms with Gasteiger partial charge in [0.2, 0.25) is 5.95 Å². The molecule has 0 radical (unpaired) electrons. The predicted molar refractivity (Wildman–Crippen MR) is 72.5 cm³/mol. The highest BCUT2D eigenvalue weighted by Crippen LogP contribution is 2.33. The quantitative estimate of drug-likeness (QED) is 0.836. The van der Waals surface area contributed by atoms with Crippen LogP contribution in [0.2, 0.25) is 0 Å². The van der Waals surface area contributed by atoms with E-state index >= 15 is 0 Å². The second-order valence-electron chi connectivity index (χ2n) is 5.39. The topological polar surface area (TPSA) is 46.1 Å². The second-order valence-corrected chi connectivity index (χ2v) is 5.78. The molecular weight excluding hydrogens is 248 g/mol. The average Bonchev–Trinajstić information content (AvgIpc) is 2.94. The van der Waals surface area contributed by atoms with Crippen molar-refractivity contribution in [2.45, 2.75) is 51.3 Å². The molecule has 2 atom stereocenters. The lowest BCUT2D eigenvalue weighted by Crippen LogP contribution is -2.49. The first-order valence-electron chi connectivity index (χ1n) is 6.73. The van der Waals surface area contributed by atoms with Crippen molar-refractivity contribution in [2.24, 2.45) is 0 Å². The highest BCUT2D eigenvalue weighted by Gasteiger charge is 2.38. The van der Waals surface area contributed by atoms with Crippen LogP contribution in [0.3, 0.4) is 0 Å². The molecule has 6 heteroatoms. The number of rotatable bonds is 2. The molecule has 0 spiro atoms. The summed E-state index contributed by atoms with van der Waals surface area (Å²) in [5.41, 5.74) is 0. The van der Waals surface area contributed by atoms with Crippen LogP contribution in [0.25, 0.3) is 0 Å². The smallest absolute Gasteiger partial charge is 0.226 e. The third-order valence-corrected chi connectivity index (χ3v) is 4.23. The highest BCUT2D eigenvalue weighted by atomic mass is 32.1. The number of aromatic amines is 1. The summed E-state index contributed by atoms with van der Waals surface area (Å²) in [4.78, 5) is 2.38. The first-order valence-corrected chi connectivity index (χ1v) is 7.14. The number of nitrogens with zero attached hydrogens (tertiary/aromatic N) is 3. The Labute approximate surface area is 112 Å². The Balaban J connectivity index is 1.96. The van der Waals surface area contributed by atoms with Crippen LogP contribution >= 0.6 is 12.2 Å². The molecule has 1 N–H and O–H groups in total. The zero-order valence-corrected chi connectivity index (χ0v) is 11.7. The molecule has 2 aliphatic rings. The van der Waals surface area contributed by atoms with E-state index in [-0.39, 0.29) is 0 Å². The third-order valence-electron chi connectivity index (χ3n) is 3.94. The molecule has 1 aliphatic heterocycles. The number of hydrogen-bond donors (Lipinski definition) is 1. The summed E-state index contributed by atoms with van der Waals surface area (Å²) in [5.74, 6) is 0.982. The van der Waals surface area contributed by atoms with Gasteiger partial charge in [-0.2, -0.15) is 0 Å². The Bertz CT molecular complexity index is 481. The minimum Gasteiger partial charge on any atom is -0.374 e. The van der Waals surface area contributed by atoms with Gasteiger partial charge in [0.05, 0.1) is 18.8 Å². The van der Waals surface area contributed by atoms with E-state index in [1.165, 1.54) is 19.3 Å². The molecule has 3 rings (SSSR count). The van der Waals surface area contributed by atoms with E-state index in [0.29, 0.717) is 23.0 Å². The molecule has 18 heavy (non-hydrogen) atoms. The molecule has 1 aromatic rings. The fraction of sp³-hybridized carbons (Fsp3) is 0.833. The monoisotopic (exact) mass is 268 g/mol. The van der Waals surface area contributed by atoms with Gasteiger partial charge in [-0.1, -0.05) is 0 Å². The lowest BCUT2D eigenvalue weighted by molar-refractivity contribution is 0.0246. The van der Waals surface area contributed by atoms with E-state index in [1.807, 2.05) is 0 Å². The van der Waals surface area contributed by atoms with Gasteiger partial charge in [0.1, 0.15) is 0 Å². The summed E-state index contributed by atoms with van der Waals surface area (Å²) in [6.45, 7) is 5.98. The highest BCUT2D eigenvalue weighted by molar-refractivity contribution is 7.71. The Hall–Kier alpha value is -0.880. The van der Waals surface area contributed by atoms with Crippen LogP contribution in [0, 0.1) is 4.77 Å². The first-order chi connectivity index (χ1) is 8.68. The Morgan fingerprint density at radius 2 is 2.28 bits per heavy atom. The molecule has 0 aromatic carbocycles. The van der Waals surface area contributed by atoms with E-state index in [0.717, 1.165) is 19.1 Å². The van der Waals surface area contributed by atoms with Gasteiger partial charge in [0.15, 0.2) is 4.77 Å². The number of fused-ring (bicyclic) bond motifs is 1. The molecule has 100 valence electrons. The van der Waals surface area contributed by atoms with Crippen molar-refractivity contribution in [1.82, 2.24) is 14.8 Å². The molecule has 1 saturated heterocycles. The molecule has 1 aliphatic carbocycles. The van der Waals surface area contributed by atoms with Gasteiger partial charge in [-0.05, 0) is 45.3 Å². The van der Waals surface area contributed by atoms with Crippen LogP contribution in [-0.2, 0) is 4.74 Å². The molecule has 1 saturated carbocycles. The Morgan fingerprint density at radius 1 is 1.44 bits per heavy atom. The summed E-state index contributed by atoms with van der Waals surface area (Å²) in [7, 11) is 0. The van der Waals surface area contributed by atoms with Gasteiger partial charge in [-0.15, -0.1) is 5.10 Å². The van der Waals surface area contributed by atoms with Gasteiger partial charge < -0.3 is 9.64 Å². The zero-order chi connectivity index (χ0) is 12.7. The number of anilines is 1. The molecule has 1 aromatic heterocycles. The van der Waals surface area contributed by atoms with Gasteiger partial charge in [0.25, 0.3) is 0 Å². The fourth-order valence-electron chi connectivity index (χ4n) is 3.14. The van der Waals surface area contributed by atoms with E-state index in [1.54, 1.807) is 0 Å². The van der Waals surface area contributed by atoms with Gasteiger partial charge in [0, 0.05) is 12.6 Å². The van der Waals surface area contributed by atoms with E-state index < -0.39 is 0 Å². The molecular formula is C12H20N4OS. The number of nitrogens with one attached hydrogen (secondary N) is 1. The molecule has 2 fully saturated rings. The Kier molecular flexibility index (Phi) is 3.15. The summed E-state index contributed by atoms with van der Waals surface area (Å²) in [5, 5.41) is 7.37. The van der Waals surface area contributed by atoms with E-state index in [4.69, 9.17) is 17.0 Å². The van der Waals surface area contributed by atoms with Crippen molar-refractivity contribution >= 4 is 18.2 Å². The van der Waals surface area contributed by atoms with Crippen molar-refractivity contribution < 1.29 is 4.74 Å². The largest absolute Gasteiger partial charge is 0.374 e. The van der Waals surface area contributed by atoms with Crippen molar-refractivity contribution in [1.29, 1.82) is 0 Å². The number of ether oxygens (including phenoxy) is 1. The number of H-pyrrole nitrogens is 1. The van der Waals surface area contributed by atoms with Crippen molar-refractivity contribution in [3.05, 3.63) is 4.77 Å². The first kappa shape index (κ1) is 12.2. The van der Waals surface area contributed by atoms with Gasteiger partial charge in [-0.3, -0.25) is 4.57 Å². The average molecular weight is 268 g/mol. The molecule has 5 nitrogen and oxygen atoms in total. The standard InChI is InChI=1S/C12H20N4OS/c1-8(2)16-11(13-14-12(16)18)15-6-7-17-10-5-3-4-9(10)15/h8-10H,3-7H2,1-2H3,(H,14,18). The van der Waals surface area contributed by atoms with Crippen LogP contribution in [0.4, 0.5) is 5.95 Å². The second kappa shape index (κ2) is 4.66. The lowest BCUT2D eigenvalue weighted by atomic mass is 10.1. The molecule has 0 amide bonds. The summed E-state index contributed by atoms with van der Waals surface area (Å²) >= 11 is 5.33. The maximum Gasteiger partial charge on any atom is 0.226 e. The van der Waals surface area contributed by atoms with Crippen LogP contribution in [0.15, 0.2) is 0 Å². The molecule has 0 bridgehead atoms. The lowest BCUT2D eigenvalue weighted by Gasteiger charge is -2.38. The van der Waals surface area contributed by atoms with Crippen molar-refractivity contribution in [3.63, 3.8) is 0 Å². The van der Waals surface area contributed by atoms with Crippen molar-refractivity contribution in [2.75, 3.05) is 18.1 Å². The molecule has 2 unspecified atom stereocenters. The van der Waals surface area contributed by atoms with Crippen LogP contribution < -0.4 is 4.90 Å². The predicted octanol–water partition coefficient (Wildman–Crippen LogP) is 2.28. The molecule has 2 heterocycles. The maximum absolute atomic E-state index is 5.85. The van der Waals surface area contributed by atoms with Gasteiger partial charge >= 0.3 is 0 Å². The summed E-state index contributed by atoms with van der Waals surface area (Å²) in [6.07, 6.45) is 4.00. The normalized spacial score (nSPS) is 27.8. The maximum atomic E-state index is 5.85. The summed E-state index contributed by atoms with van der Waals surface area (Å²) in [6, 6.07) is 0.801. The minimum atomic E-state index is 0.328. The van der Waals surface area contributed by atoms with Gasteiger partial charge in [-0.25, -0.2) is 5.10 Å². The number of hydrogen-bond acceptors (Lipinski definition) is 4. The third kappa shape index (κ3) is 1.87. The van der Waals surface area contributed by atoms with Crippen LogP contribution in [0.1, 0.15) is 39.2 Å². The van der Waals surface area contributed by atoms with Crippen LogP contribution in [0.5, 0.6) is 0 Å². The SMILES string of the molecule is CC(C)n1c(N2CCOC3CCCC32)n[nH]c1=S. The van der Waals surface area contributed by atoms with Crippen LogP contribution in [-0.4, -0.2) is 40.1 Å². The van der Waals surface area contributed by atoms with E-state index in [9.17, 15) is 0 Å². The zero-order valence-electron chi connectivity index (χ0n) is 10.9.